The topological polar surface area (TPSA) is 93.0 Å². The number of hydrogen-bond acceptors (Lipinski definition) is 8. The fraction of sp³-hybridized carbons (Fsp3) is 0.400. The molecule has 2 N–H and O–H groups in total. The Balaban J connectivity index is 1.42. The second kappa shape index (κ2) is 9.07. The van der Waals surface area contributed by atoms with Gasteiger partial charge in [0.1, 0.15) is 11.9 Å². The third-order valence-electron chi connectivity index (χ3n) is 4.68. The number of anilines is 2. The van der Waals surface area contributed by atoms with Crippen molar-refractivity contribution < 1.29 is 9.84 Å². The van der Waals surface area contributed by atoms with Gasteiger partial charge in [-0.25, -0.2) is 15.0 Å². The van der Waals surface area contributed by atoms with Crippen molar-refractivity contribution in [3.8, 4) is 16.6 Å². The van der Waals surface area contributed by atoms with Gasteiger partial charge < -0.3 is 15.2 Å². The Labute approximate surface area is 167 Å². The summed E-state index contributed by atoms with van der Waals surface area (Å²) in [6, 6.07) is 6.13. The number of ether oxygens (including phenoxy) is 1. The highest BCUT2D eigenvalue weighted by Gasteiger charge is 2.17. The lowest BCUT2D eigenvalue weighted by molar-refractivity contribution is 0.142. The van der Waals surface area contributed by atoms with Gasteiger partial charge in [-0.2, -0.15) is 4.98 Å². The first-order valence-corrected chi connectivity index (χ1v) is 10.4. The van der Waals surface area contributed by atoms with Gasteiger partial charge in [0, 0.05) is 25.2 Å². The summed E-state index contributed by atoms with van der Waals surface area (Å²) in [6.07, 6.45) is 12.0. The number of nitrogens with zero attached hydrogens (tertiary/aromatic N) is 4. The first kappa shape index (κ1) is 18.8. The van der Waals surface area contributed by atoms with Crippen molar-refractivity contribution in [3.05, 3.63) is 42.4 Å². The average molecular weight is 398 g/mol. The van der Waals surface area contributed by atoms with Crippen molar-refractivity contribution in [2.75, 3.05) is 11.9 Å². The van der Waals surface area contributed by atoms with E-state index in [2.05, 4.69) is 25.3 Å². The van der Waals surface area contributed by atoms with Crippen LogP contribution in [0.25, 0.3) is 10.6 Å². The Hall–Kier alpha value is -2.58. The van der Waals surface area contributed by atoms with Crippen LogP contribution in [0.2, 0.25) is 0 Å². The molecule has 1 fully saturated rings. The van der Waals surface area contributed by atoms with Gasteiger partial charge in [0.25, 0.3) is 0 Å². The number of hydrogen-bond donors (Lipinski definition) is 2. The van der Waals surface area contributed by atoms with Crippen molar-refractivity contribution in [1.82, 2.24) is 19.9 Å². The summed E-state index contributed by atoms with van der Waals surface area (Å²) in [5.41, 5.74) is 1.80. The normalized spacial score (nSPS) is 14.8. The third-order valence-corrected chi connectivity index (χ3v) is 5.61. The van der Waals surface area contributed by atoms with E-state index in [9.17, 15) is 0 Å². The number of aliphatic hydroxyl groups excluding tert-OH is 1. The standard InChI is InChI=1S/C20H23N5O2S/c26-11-9-14-6-7-18(22-12-14)25-20-23-13-17(28-20)16-8-10-21-19(24-16)27-15-4-2-1-3-5-15/h6-8,10,12-13,15,26H,1-5,9,11H2,(H,22,23,25). The van der Waals surface area contributed by atoms with Crippen LogP contribution in [-0.4, -0.2) is 37.8 Å². The summed E-state index contributed by atoms with van der Waals surface area (Å²) in [4.78, 5) is 18.5. The number of nitrogens with one attached hydrogen (secondary N) is 1. The molecule has 28 heavy (non-hydrogen) atoms. The second-order valence-corrected chi connectivity index (χ2v) is 7.81. The lowest BCUT2D eigenvalue weighted by Crippen LogP contribution is -2.20. The molecule has 1 aliphatic rings. The minimum absolute atomic E-state index is 0.121. The van der Waals surface area contributed by atoms with Gasteiger partial charge in [-0.15, -0.1) is 0 Å². The quantitative estimate of drug-likeness (QED) is 0.623. The molecular formula is C20H23N5O2S. The van der Waals surface area contributed by atoms with Crippen LogP contribution < -0.4 is 10.1 Å². The summed E-state index contributed by atoms with van der Waals surface area (Å²) >= 11 is 1.50. The molecule has 3 aromatic rings. The summed E-state index contributed by atoms with van der Waals surface area (Å²) in [5.74, 6) is 0.714. The van der Waals surface area contributed by atoms with E-state index >= 15 is 0 Å². The van der Waals surface area contributed by atoms with Gasteiger partial charge in [0.15, 0.2) is 5.13 Å². The van der Waals surface area contributed by atoms with Gasteiger partial charge in [-0.3, -0.25) is 0 Å². The first-order chi connectivity index (χ1) is 13.8. The monoisotopic (exact) mass is 397 g/mol. The van der Waals surface area contributed by atoms with Gasteiger partial charge in [0.05, 0.1) is 10.6 Å². The lowest BCUT2D eigenvalue weighted by Gasteiger charge is -2.21. The van der Waals surface area contributed by atoms with Gasteiger partial charge in [-0.05, 0) is 49.8 Å². The maximum Gasteiger partial charge on any atom is 0.317 e. The molecule has 1 aliphatic carbocycles. The van der Waals surface area contributed by atoms with Gasteiger partial charge in [-0.1, -0.05) is 23.8 Å². The first-order valence-electron chi connectivity index (χ1n) is 9.59. The smallest absolute Gasteiger partial charge is 0.317 e. The number of aromatic nitrogens is 4. The summed E-state index contributed by atoms with van der Waals surface area (Å²) in [7, 11) is 0. The number of rotatable bonds is 7. The van der Waals surface area contributed by atoms with E-state index in [0.29, 0.717) is 18.2 Å². The number of aliphatic hydroxyl groups is 1. The Morgan fingerprint density at radius 2 is 1.96 bits per heavy atom. The van der Waals surface area contributed by atoms with Crippen molar-refractivity contribution in [2.24, 2.45) is 0 Å². The zero-order chi connectivity index (χ0) is 19.2. The molecule has 0 atom stereocenters. The van der Waals surface area contributed by atoms with Crippen LogP contribution in [-0.2, 0) is 6.42 Å². The predicted octanol–water partition coefficient (Wildman–Crippen LogP) is 3.99. The Bertz CT molecular complexity index is 894. The molecule has 1 saturated carbocycles. The van der Waals surface area contributed by atoms with E-state index in [-0.39, 0.29) is 12.7 Å². The molecule has 0 saturated heterocycles. The highest BCUT2D eigenvalue weighted by atomic mass is 32.1. The fourth-order valence-corrected chi connectivity index (χ4v) is 4.00. The Morgan fingerprint density at radius 3 is 2.75 bits per heavy atom. The van der Waals surface area contributed by atoms with Crippen molar-refractivity contribution in [3.63, 3.8) is 0 Å². The minimum atomic E-state index is 0.121. The van der Waals surface area contributed by atoms with Crippen LogP contribution in [0.3, 0.4) is 0 Å². The minimum Gasteiger partial charge on any atom is -0.460 e. The molecule has 0 bridgehead atoms. The molecule has 4 rings (SSSR count). The molecule has 0 radical (unpaired) electrons. The molecule has 0 spiro atoms. The van der Waals surface area contributed by atoms with Crippen LogP contribution in [0.4, 0.5) is 10.9 Å². The van der Waals surface area contributed by atoms with E-state index in [4.69, 9.17) is 9.84 Å². The largest absolute Gasteiger partial charge is 0.460 e. The molecule has 146 valence electrons. The zero-order valence-corrected chi connectivity index (χ0v) is 16.4. The van der Waals surface area contributed by atoms with Crippen molar-refractivity contribution in [2.45, 2.75) is 44.6 Å². The lowest BCUT2D eigenvalue weighted by atomic mass is 9.98. The molecule has 8 heteroatoms. The van der Waals surface area contributed by atoms with Crippen LogP contribution in [0, 0.1) is 0 Å². The molecular weight excluding hydrogens is 374 g/mol. The van der Waals surface area contributed by atoms with E-state index in [0.717, 1.165) is 34.1 Å². The predicted molar refractivity (Wildman–Crippen MR) is 109 cm³/mol. The Kier molecular flexibility index (Phi) is 6.08. The summed E-state index contributed by atoms with van der Waals surface area (Å²) in [6.45, 7) is 0.121. The van der Waals surface area contributed by atoms with Crippen LogP contribution >= 0.6 is 11.3 Å². The number of pyridine rings is 1. The van der Waals surface area contributed by atoms with Gasteiger partial charge in [0.2, 0.25) is 0 Å². The maximum absolute atomic E-state index is 8.98. The van der Waals surface area contributed by atoms with E-state index < -0.39 is 0 Å². The molecule has 0 amide bonds. The fourth-order valence-electron chi connectivity index (χ4n) is 3.20. The molecule has 0 aliphatic heterocycles. The summed E-state index contributed by atoms with van der Waals surface area (Å²) < 4.78 is 5.97. The second-order valence-electron chi connectivity index (χ2n) is 6.78. The SMILES string of the molecule is OCCc1ccc(Nc2ncc(-c3ccnc(OC4CCCCC4)n3)s2)nc1. The van der Waals surface area contributed by atoms with Crippen molar-refractivity contribution in [1.29, 1.82) is 0 Å². The van der Waals surface area contributed by atoms with E-state index in [1.807, 2.05) is 18.2 Å². The number of thiazole rings is 1. The third kappa shape index (κ3) is 4.82. The molecule has 0 unspecified atom stereocenters. The van der Waals surface area contributed by atoms with Crippen LogP contribution in [0.5, 0.6) is 6.01 Å². The molecule has 3 heterocycles. The molecule has 0 aromatic carbocycles. The molecule has 3 aromatic heterocycles. The average Bonchev–Trinajstić information content (AvgIpc) is 3.19. The highest BCUT2D eigenvalue weighted by Crippen LogP contribution is 2.30. The van der Waals surface area contributed by atoms with E-state index in [1.54, 1.807) is 18.6 Å². The molecule has 7 nitrogen and oxygen atoms in total. The van der Waals surface area contributed by atoms with Crippen LogP contribution in [0.1, 0.15) is 37.7 Å². The van der Waals surface area contributed by atoms with Crippen molar-refractivity contribution >= 4 is 22.3 Å². The maximum atomic E-state index is 8.98. The van der Waals surface area contributed by atoms with E-state index in [1.165, 1.54) is 30.6 Å². The summed E-state index contributed by atoms with van der Waals surface area (Å²) in [5, 5.41) is 12.9. The highest BCUT2D eigenvalue weighted by molar-refractivity contribution is 7.18. The Morgan fingerprint density at radius 1 is 1.07 bits per heavy atom. The zero-order valence-electron chi connectivity index (χ0n) is 15.5. The van der Waals surface area contributed by atoms with Crippen LogP contribution in [0.15, 0.2) is 36.8 Å². The van der Waals surface area contributed by atoms with Gasteiger partial charge >= 0.3 is 6.01 Å².